The van der Waals surface area contributed by atoms with Crippen molar-refractivity contribution in [2.45, 2.75) is 50.1 Å². The summed E-state index contributed by atoms with van der Waals surface area (Å²) >= 11 is 0. The van der Waals surface area contributed by atoms with E-state index in [9.17, 15) is 18.0 Å². The van der Waals surface area contributed by atoms with Gasteiger partial charge in [-0.25, -0.2) is 18.0 Å². The highest BCUT2D eigenvalue weighted by molar-refractivity contribution is 7.89. The second-order valence-corrected chi connectivity index (χ2v) is 17.7. The number of esters is 2. The maximum absolute atomic E-state index is 13.6. The van der Waals surface area contributed by atoms with E-state index in [1.807, 2.05) is 42.5 Å². The van der Waals surface area contributed by atoms with Crippen LogP contribution in [0.5, 0.6) is 0 Å². The Bertz CT molecular complexity index is 2870. The normalized spacial score (nSPS) is 15.0. The van der Waals surface area contributed by atoms with Crippen molar-refractivity contribution in [2.24, 2.45) is 20.5 Å². The minimum absolute atomic E-state index is 0.0335. The van der Waals surface area contributed by atoms with Gasteiger partial charge in [0.05, 0.1) is 27.6 Å². The Labute approximate surface area is 380 Å². The van der Waals surface area contributed by atoms with Crippen LogP contribution >= 0.6 is 0 Å². The van der Waals surface area contributed by atoms with Gasteiger partial charge in [-0.3, -0.25) is 0 Å². The van der Waals surface area contributed by atoms with Gasteiger partial charge in [0, 0.05) is 72.3 Å². The third-order valence-corrected chi connectivity index (χ3v) is 13.9. The molecule has 6 aromatic carbocycles. The number of sulfonamides is 1. The van der Waals surface area contributed by atoms with Gasteiger partial charge in [-0.05, 0) is 85.5 Å². The van der Waals surface area contributed by atoms with Gasteiger partial charge in [0.2, 0.25) is 10.0 Å². The van der Waals surface area contributed by atoms with Crippen LogP contribution in [-0.4, -0.2) is 65.1 Å². The summed E-state index contributed by atoms with van der Waals surface area (Å²) in [4.78, 5) is 27.8. The average molecular weight is 892 g/mol. The van der Waals surface area contributed by atoms with E-state index in [0.29, 0.717) is 17.1 Å². The Kier molecular flexibility index (Phi) is 14.3. The van der Waals surface area contributed by atoms with Crippen molar-refractivity contribution in [3.8, 4) is 0 Å². The Morgan fingerprint density at radius 3 is 1.82 bits per heavy atom. The first-order chi connectivity index (χ1) is 31.4. The Balaban J connectivity index is 1.11. The smallest absolute Gasteiger partial charge is 0.330 e. The molecule has 334 valence electrons. The molecule has 0 N–H and O–H groups in total. The summed E-state index contributed by atoms with van der Waals surface area (Å²) in [6.45, 7) is 10.4. The summed E-state index contributed by atoms with van der Waals surface area (Å²) < 4.78 is 38.3. The standard InChI is InChI=1S/C51H53N7O6S/c1-7-10-11-16-36-17-14-18-37(35-36)51(4)56(5)46-22-15-21-42-45(29-30-47(50(42)46)57(51)6)55-54-44-28-27-43(40-19-12-13-20-41(40)44)53-52-38-23-25-39(26-24-38)65(61,62)58(31-33-63-48(59)8-2)32-34-64-49(60)9-3/h8-9,12-15,17-30,35H,2-3,7,10-11,16,31-34H2,1,4-6H3. The molecule has 0 fully saturated rings. The molecule has 7 rings (SSSR count). The molecule has 6 aromatic rings. The second-order valence-electron chi connectivity index (χ2n) is 15.8. The molecule has 1 aliphatic rings. The molecule has 1 unspecified atom stereocenters. The van der Waals surface area contributed by atoms with Crippen LogP contribution in [0, 0.1) is 0 Å². The molecule has 0 amide bonds. The van der Waals surface area contributed by atoms with Crippen LogP contribution in [0.3, 0.4) is 0 Å². The molecule has 1 atom stereocenters. The molecular weight excluding hydrogens is 839 g/mol. The van der Waals surface area contributed by atoms with Gasteiger partial charge >= 0.3 is 11.9 Å². The summed E-state index contributed by atoms with van der Waals surface area (Å²) in [7, 11) is 0.236. The molecule has 0 aromatic heterocycles. The Hall–Kier alpha value is -7.03. The molecule has 0 radical (unpaired) electrons. The zero-order valence-corrected chi connectivity index (χ0v) is 38.0. The van der Waals surface area contributed by atoms with Crippen molar-refractivity contribution >= 4 is 77.6 Å². The molecule has 65 heavy (non-hydrogen) atoms. The number of nitrogens with zero attached hydrogens (tertiary/aromatic N) is 7. The van der Waals surface area contributed by atoms with Crippen molar-refractivity contribution < 1.29 is 27.5 Å². The van der Waals surface area contributed by atoms with Crippen LogP contribution in [0.1, 0.15) is 44.2 Å². The lowest BCUT2D eigenvalue weighted by atomic mass is 9.89. The number of azo groups is 2. The van der Waals surface area contributed by atoms with Crippen LogP contribution in [0.4, 0.5) is 34.1 Å². The van der Waals surface area contributed by atoms with Gasteiger partial charge in [0.1, 0.15) is 18.9 Å². The molecule has 1 heterocycles. The number of hydrogen-bond acceptors (Lipinski definition) is 12. The molecule has 1 aliphatic heterocycles. The number of carbonyl (C=O) groups is 2. The number of carbonyl (C=O) groups excluding carboxylic acids is 2. The van der Waals surface area contributed by atoms with E-state index in [4.69, 9.17) is 19.7 Å². The van der Waals surface area contributed by atoms with E-state index in [2.05, 4.69) is 110 Å². The molecule has 0 spiro atoms. The lowest BCUT2D eigenvalue weighted by Crippen LogP contribution is -2.56. The van der Waals surface area contributed by atoms with E-state index in [1.165, 1.54) is 54.7 Å². The fourth-order valence-corrected chi connectivity index (χ4v) is 9.55. The molecular formula is C51H53N7O6S. The number of aryl methyl sites for hydroxylation is 1. The van der Waals surface area contributed by atoms with E-state index < -0.39 is 27.6 Å². The first kappa shape index (κ1) is 46.0. The van der Waals surface area contributed by atoms with Crippen LogP contribution in [0.25, 0.3) is 21.5 Å². The highest BCUT2D eigenvalue weighted by Crippen LogP contribution is 2.50. The van der Waals surface area contributed by atoms with E-state index in [1.54, 1.807) is 0 Å². The predicted molar refractivity (Wildman–Crippen MR) is 258 cm³/mol. The fraction of sp³-hybridized carbons (Fsp3) is 0.255. The minimum Gasteiger partial charge on any atom is -0.461 e. The Morgan fingerprint density at radius 2 is 1.22 bits per heavy atom. The van der Waals surface area contributed by atoms with Gasteiger partial charge in [-0.15, -0.1) is 15.3 Å². The molecule has 0 saturated carbocycles. The summed E-state index contributed by atoms with van der Waals surface area (Å²) in [5.74, 6) is -1.38. The number of hydrogen-bond donors (Lipinski definition) is 0. The fourth-order valence-electron chi connectivity index (χ4n) is 8.14. The van der Waals surface area contributed by atoms with E-state index in [0.717, 1.165) is 61.5 Å². The Morgan fingerprint density at radius 1 is 0.677 bits per heavy atom. The van der Waals surface area contributed by atoms with Crippen LogP contribution in [0.15, 0.2) is 166 Å². The van der Waals surface area contributed by atoms with Crippen LogP contribution < -0.4 is 9.80 Å². The summed E-state index contributed by atoms with van der Waals surface area (Å²) in [6.07, 6.45) is 6.65. The largest absolute Gasteiger partial charge is 0.461 e. The third-order valence-electron chi connectivity index (χ3n) is 11.9. The first-order valence-electron chi connectivity index (χ1n) is 21.6. The van der Waals surface area contributed by atoms with Crippen molar-refractivity contribution in [3.63, 3.8) is 0 Å². The zero-order chi connectivity index (χ0) is 46.1. The van der Waals surface area contributed by atoms with Crippen LogP contribution in [0.2, 0.25) is 0 Å². The van der Waals surface area contributed by atoms with Crippen molar-refractivity contribution in [2.75, 3.05) is 50.2 Å². The van der Waals surface area contributed by atoms with Gasteiger partial charge in [0.15, 0.2) is 0 Å². The maximum atomic E-state index is 13.6. The highest BCUT2D eigenvalue weighted by Gasteiger charge is 2.41. The monoisotopic (exact) mass is 891 g/mol. The van der Waals surface area contributed by atoms with Crippen molar-refractivity contribution in [1.82, 2.24) is 4.31 Å². The number of unbranched alkanes of at least 4 members (excludes halogenated alkanes) is 2. The number of ether oxygens (including phenoxy) is 2. The molecule has 0 aliphatic carbocycles. The van der Waals surface area contributed by atoms with Gasteiger partial charge in [-0.2, -0.15) is 9.42 Å². The number of fused-ring (bicyclic) bond motifs is 1. The second kappa shape index (κ2) is 20.2. The van der Waals surface area contributed by atoms with Crippen molar-refractivity contribution in [3.05, 3.63) is 152 Å². The molecule has 0 bridgehead atoms. The highest BCUT2D eigenvalue weighted by atomic mass is 32.2. The van der Waals surface area contributed by atoms with Gasteiger partial charge in [-0.1, -0.05) is 93.6 Å². The third kappa shape index (κ3) is 9.74. The lowest BCUT2D eigenvalue weighted by Gasteiger charge is -2.52. The summed E-state index contributed by atoms with van der Waals surface area (Å²) in [5, 5.41) is 22.3. The quantitative estimate of drug-likeness (QED) is 0.0338. The SMILES string of the molecule is C=CC(=O)OCCN(CCOC(=O)C=C)S(=O)(=O)c1ccc(N=Nc2ccc(N=Nc3ccc4c5c(cccc35)N(C)C(C)(c3cccc(CCCCC)c3)N4C)c3ccccc23)cc1. The zero-order valence-electron chi connectivity index (χ0n) is 37.2. The topological polar surface area (TPSA) is 146 Å². The number of anilines is 2. The summed E-state index contributed by atoms with van der Waals surface area (Å²) in [6, 6.07) is 36.9. The molecule has 0 saturated heterocycles. The number of benzene rings is 6. The van der Waals surface area contributed by atoms with Gasteiger partial charge in [0.25, 0.3) is 0 Å². The first-order valence-corrected chi connectivity index (χ1v) is 23.0. The molecule has 13 nitrogen and oxygen atoms in total. The van der Waals surface area contributed by atoms with E-state index in [-0.39, 0.29) is 31.2 Å². The van der Waals surface area contributed by atoms with Gasteiger partial charge < -0.3 is 19.3 Å². The maximum Gasteiger partial charge on any atom is 0.330 e. The average Bonchev–Trinajstić information content (AvgIpc) is 3.33. The van der Waals surface area contributed by atoms with Crippen LogP contribution in [-0.2, 0) is 41.2 Å². The minimum atomic E-state index is -4.09. The van der Waals surface area contributed by atoms with Crippen molar-refractivity contribution in [1.29, 1.82) is 0 Å². The molecule has 14 heteroatoms. The summed E-state index contributed by atoms with van der Waals surface area (Å²) in [5.41, 5.74) is 6.85. The lowest BCUT2D eigenvalue weighted by molar-refractivity contribution is -0.137. The number of rotatable bonds is 19. The van der Waals surface area contributed by atoms with E-state index >= 15 is 0 Å². The predicted octanol–water partition coefficient (Wildman–Crippen LogP) is 11.8.